The molecular formula is C36H23N3. The van der Waals surface area contributed by atoms with E-state index in [9.17, 15) is 0 Å². The number of nitrogens with zero attached hydrogens (tertiary/aromatic N) is 2. The number of hydrogen-bond acceptors (Lipinski definition) is 0. The fourth-order valence-corrected chi connectivity index (χ4v) is 6.55. The lowest BCUT2D eigenvalue weighted by molar-refractivity contribution is 1.18. The van der Waals surface area contributed by atoms with Gasteiger partial charge in [0, 0.05) is 54.7 Å². The van der Waals surface area contributed by atoms with Crippen molar-refractivity contribution in [1.29, 1.82) is 0 Å². The summed E-state index contributed by atoms with van der Waals surface area (Å²) in [7, 11) is 0. The molecule has 0 aliphatic heterocycles. The Morgan fingerprint density at radius 1 is 0.333 bits per heavy atom. The molecule has 0 atom stereocenters. The van der Waals surface area contributed by atoms with Gasteiger partial charge in [-0.05, 0) is 60.7 Å². The van der Waals surface area contributed by atoms with E-state index < -0.39 is 0 Å². The monoisotopic (exact) mass is 497 g/mol. The molecule has 39 heavy (non-hydrogen) atoms. The highest BCUT2D eigenvalue weighted by molar-refractivity contribution is 6.13. The first-order valence-corrected chi connectivity index (χ1v) is 13.4. The normalized spacial score (nSPS) is 12.1. The molecule has 182 valence electrons. The average Bonchev–Trinajstić information content (AvgIpc) is 3.64. The Labute approximate surface area is 224 Å². The van der Waals surface area contributed by atoms with Gasteiger partial charge in [-0.15, -0.1) is 0 Å². The van der Waals surface area contributed by atoms with Gasteiger partial charge >= 0.3 is 0 Å². The Morgan fingerprint density at radius 3 is 1.03 bits per heavy atom. The molecular weight excluding hydrogens is 474 g/mol. The van der Waals surface area contributed by atoms with Crippen LogP contribution in [0.4, 0.5) is 0 Å². The van der Waals surface area contributed by atoms with Crippen LogP contribution < -0.4 is 0 Å². The van der Waals surface area contributed by atoms with Gasteiger partial charge in [-0.1, -0.05) is 72.8 Å². The van der Waals surface area contributed by atoms with Crippen LogP contribution in [0.5, 0.6) is 0 Å². The topological polar surface area (TPSA) is 25.6 Å². The fraction of sp³-hybridized carbons (Fsp3) is 0. The van der Waals surface area contributed by atoms with Crippen LogP contribution >= 0.6 is 0 Å². The predicted molar refractivity (Wildman–Crippen MR) is 164 cm³/mol. The molecule has 0 saturated heterocycles. The third kappa shape index (κ3) is 2.82. The average molecular weight is 498 g/mol. The lowest BCUT2D eigenvalue weighted by Gasteiger charge is -2.09. The van der Waals surface area contributed by atoms with Crippen LogP contribution in [0.2, 0.25) is 0 Å². The highest BCUT2D eigenvalue weighted by Gasteiger charge is 2.15. The van der Waals surface area contributed by atoms with Crippen LogP contribution in [-0.2, 0) is 0 Å². The molecule has 0 fully saturated rings. The summed E-state index contributed by atoms with van der Waals surface area (Å²) in [5, 5.41) is 7.57. The van der Waals surface area contributed by atoms with Crippen LogP contribution in [0, 0.1) is 0 Å². The molecule has 1 N–H and O–H groups in total. The molecule has 0 aliphatic rings. The molecule has 0 saturated carbocycles. The first-order valence-electron chi connectivity index (χ1n) is 13.4. The molecule has 0 radical (unpaired) electrons. The van der Waals surface area contributed by atoms with Crippen molar-refractivity contribution in [3.63, 3.8) is 0 Å². The number of aromatic amines is 1. The van der Waals surface area contributed by atoms with E-state index in [-0.39, 0.29) is 0 Å². The SMILES string of the molecule is c1ccc2c(c1)c1ccccc1n2-c1ccc2[nH]c3ccc(-n4c5ccccc5c5ccccc54)cc3c2c1. The summed E-state index contributed by atoms with van der Waals surface area (Å²) in [5.74, 6) is 0. The number of para-hydroxylation sites is 4. The van der Waals surface area contributed by atoms with Gasteiger partial charge in [0.15, 0.2) is 0 Å². The second-order valence-electron chi connectivity index (χ2n) is 10.3. The Hall–Kier alpha value is -5.28. The second-order valence-corrected chi connectivity index (χ2v) is 10.3. The number of fused-ring (bicyclic) bond motifs is 9. The summed E-state index contributed by atoms with van der Waals surface area (Å²) in [6, 6.07) is 48.3. The number of hydrogen-bond donors (Lipinski definition) is 1. The highest BCUT2D eigenvalue weighted by Crippen LogP contribution is 2.36. The summed E-state index contributed by atoms with van der Waals surface area (Å²) in [4.78, 5) is 3.65. The van der Waals surface area contributed by atoms with Gasteiger partial charge in [-0.2, -0.15) is 0 Å². The number of aromatic nitrogens is 3. The Bertz CT molecular complexity index is 2120. The maximum absolute atomic E-state index is 3.65. The molecule has 3 heterocycles. The predicted octanol–water partition coefficient (Wildman–Crippen LogP) is 9.52. The molecule has 0 spiro atoms. The largest absolute Gasteiger partial charge is 0.355 e. The van der Waals surface area contributed by atoms with Crippen LogP contribution in [0.3, 0.4) is 0 Å². The van der Waals surface area contributed by atoms with Crippen molar-refractivity contribution in [3.05, 3.63) is 133 Å². The van der Waals surface area contributed by atoms with E-state index in [0.717, 1.165) is 11.0 Å². The van der Waals surface area contributed by atoms with Crippen molar-refractivity contribution in [2.24, 2.45) is 0 Å². The Balaban J connectivity index is 1.32. The van der Waals surface area contributed by atoms with Gasteiger partial charge in [0.25, 0.3) is 0 Å². The molecule has 9 rings (SSSR count). The first kappa shape index (κ1) is 20.7. The molecule has 3 heteroatoms. The smallest absolute Gasteiger partial charge is 0.0541 e. The summed E-state index contributed by atoms with van der Waals surface area (Å²) in [5.41, 5.74) is 9.54. The summed E-state index contributed by atoms with van der Waals surface area (Å²) >= 11 is 0. The van der Waals surface area contributed by atoms with Crippen LogP contribution in [-0.4, -0.2) is 14.1 Å². The minimum atomic E-state index is 1.15. The van der Waals surface area contributed by atoms with Crippen LogP contribution in [0.25, 0.3) is 76.8 Å². The van der Waals surface area contributed by atoms with E-state index in [2.05, 4.69) is 148 Å². The van der Waals surface area contributed by atoms with Crippen molar-refractivity contribution in [3.8, 4) is 11.4 Å². The lowest BCUT2D eigenvalue weighted by atomic mass is 10.1. The maximum Gasteiger partial charge on any atom is 0.0541 e. The molecule has 3 nitrogen and oxygen atoms in total. The molecule has 0 bridgehead atoms. The van der Waals surface area contributed by atoms with Gasteiger partial charge in [0.05, 0.1) is 22.1 Å². The quantitative estimate of drug-likeness (QED) is 0.246. The standard InChI is InChI=1S/C36H23N3/c1-5-13-33-25(9-1)26-10-2-6-14-34(26)38(33)23-17-19-31-29(21-23)30-22-24(18-20-32(30)37-31)39-35-15-7-3-11-27(35)28-12-4-8-16-36(28)39/h1-22,37H. The minimum Gasteiger partial charge on any atom is -0.355 e. The van der Waals surface area contributed by atoms with E-state index in [0.29, 0.717) is 0 Å². The Kier molecular flexibility index (Phi) is 4.05. The molecule has 0 unspecified atom stereocenters. The summed E-state index contributed by atoms with van der Waals surface area (Å²) < 4.78 is 4.78. The van der Waals surface area contributed by atoms with Gasteiger partial charge in [0.2, 0.25) is 0 Å². The van der Waals surface area contributed by atoms with Crippen molar-refractivity contribution in [2.45, 2.75) is 0 Å². The molecule has 9 aromatic rings. The van der Waals surface area contributed by atoms with E-state index in [1.54, 1.807) is 0 Å². The van der Waals surface area contributed by atoms with E-state index in [4.69, 9.17) is 0 Å². The van der Waals surface area contributed by atoms with Gasteiger partial charge in [-0.25, -0.2) is 0 Å². The van der Waals surface area contributed by atoms with Crippen molar-refractivity contribution in [2.75, 3.05) is 0 Å². The van der Waals surface area contributed by atoms with E-state index in [1.807, 2.05) is 0 Å². The van der Waals surface area contributed by atoms with Crippen LogP contribution in [0.1, 0.15) is 0 Å². The zero-order chi connectivity index (χ0) is 25.5. The minimum absolute atomic E-state index is 1.15. The molecule has 6 aromatic carbocycles. The molecule has 0 amide bonds. The van der Waals surface area contributed by atoms with Crippen LogP contribution in [0.15, 0.2) is 133 Å². The van der Waals surface area contributed by atoms with Gasteiger partial charge in [-0.3, -0.25) is 0 Å². The fourth-order valence-electron chi connectivity index (χ4n) is 6.55. The Morgan fingerprint density at radius 2 is 0.667 bits per heavy atom. The maximum atomic E-state index is 3.65. The van der Waals surface area contributed by atoms with Crippen molar-refractivity contribution < 1.29 is 0 Å². The number of rotatable bonds is 2. The summed E-state index contributed by atoms with van der Waals surface area (Å²) in [6.45, 7) is 0. The third-order valence-corrected chi connectivity index (χ3v) is 8.24. The van der Waals surface area contributed by atoms with Gasteiger partial charge in [0.1, 0.15) is 0 Å². The third-order valence-electron chi connectivity index (χ3n) is 8.24. The van der Waals surface area contributed by atoms with Crippen molar-refractivity contribution >= 4 is 65.4 Å². The van der Waals surface area contributed by atoms with E-state index in [1.165, 1.54) is 65.8 Å². The second kappa shape index (κ2) is 7.62. The van der Waals surface area contributed by atoms with Crippen molar-refractivity contribution in [1.82, 2.24) is 14.1 Å². The summed E-state index contributed by atoms with van der Waals surface area (Å²) in [6.07, 6.45) is 0. The zero-order valence-electron chi connectivity index (χ0n) is 21.1. The lowest BCUT2D eigenvalue weighted by Crippen LogP contribution is -1.94. The number of H-pyrrole nitrogens is 1. The molecule has 3 aromatic heterocycles. The highest BCUT2D eigenvalue weighted by atomic mass is 15.0. The number of nitrogens with one attached hydrogen (secondary N) is 1. The van der Waals surface area contributed by atoms with Gasteiger partial charge < -0.3 is 14.1 Å². The van der Waals surface area contributed by atoms with E-state index >= 15 is 0 Å². The zero-order valence-corrected chi connectivity index (χ0v) is 21.1. The first-order chi connectivity index (χ1) is 19.3. The number of benzene rings is 6. The molecule has 0 aliphatic carbocycles.